The number of para-hydroxylation sites is 2. The third-order valence-corrected chi connectivity index (χ3v) is 6.61. The Balaban J connectivity index is 2.05. The number of rotatable bonds is 1. The van der Waals surface area contributed by atoms with Crippen LogP contribution in [0.1, 0.15) is 38.3 Å². The molecule has 2 unspecified atom stereocenters. The number of anilines is 1. The molecule has 2 aliphatic rings. The van der Waals surface area contributed by atoms with Crippen molar-refractivity contribution in [3.8, 4) is 0 Å². The highest BCUT2D eigenvalue weighted by molar-refractivity contribution is 6.42. The van der Waals surface area contributed by atoms with Gasteiger partial charge in [-0.15, -0.1) is 0 Å². The highest BCUT2D eigenvalue weighted by Crippen LogP contribution is 2.50. The predicted molar refractivity (Wildman–Crippen MR) is 118 cm³/mol. The van der Waals surface area contributed by atoms with E-state index < -0.39 is 29.5 Å². The minimum Gasteiger partial charge on any atom is -0.299 e. The number of carbonyl (C=O) groups is 2. The number of halogens is 5. The molecule has 0 radical (unpaired) electrons. The average Bonchev–Trinajstić information content (AvgIpc) is 2.82. The molecule has 0 N–H and O–H groups in total. The Bertz CT molecular complexity index is 1140. The molecule has 1 amide bonds. The molecule has 1 aliphatic carbocycles. The number of nitrogens with zero attached hydrogens (tertiary/aromatic N) is 2. The summed E-state index contributed by atoms with van der Waals surface area (Å²) >= 11 is 12.6. The number of hydrogen-bond acceptors (Lipinski definition) is 3. The Morgan fingerprint density at radius 3 is 2.47 bits per heavy atom. The van der Waals surface area contributed by atoms with Crippen LogP contribution in [0.2, 0.25) is 10.0 Å². The maximum absolute atomic E-state index is 13.8. The maximum Gasteiger partial charge on any atom is 0.471 e. The smallest absolute Gasteiger partial charge is 0.299 e. The number of ketones is 1. The lowest BCUT2D eigenvalue weighted by molar-refractivity contribution is -0.171. The molecule has 1 aliphatic heterocycles. The van der Waals surface area contributed by atoms with Crippen molar-refractivity contribution >= 4 is 52.0 Å². The number of aliphatic imine (C=N–C) groups is 1. The van der Waals surface area contributed by atoms with Crippen LogP contribution < -0.4 is 4.90 Å². The summed E-state index contributed by atoms with van der Waals surface area (Å²) in [5, 5.41) is 0.110. The van der Waals surface area contributed by atoms with Gasteiger partial charge >= 0.3 is 12.1 Å². The van der Waals surface area contributed by atoms with Gasteiger partial charge in [-0.2, -0.15) is 13.2 Å². The van der Waals surface area contributed by atoms with Gasteiger partial charge in [-0.05, 0) is 35.6 Å². The van der Waals surface area contributed by atoms with Crippen LogP contribution in [0, 0.1) is 11.3 Å². The first kappa shape index (κ1) is 22.8. The van der Waals surface area contributed by atoms with Crippen LogP contribution in [-0.2, 0) is 9.59 Å². The molecule has 32 heavy (non-hydrogen) atoms. The second kappa shape index (κ2) is 7.89. The average molecular weight is 483 g/mol. The highest BCUT2D eigenvalue weighted by Gasteiger charge is 2.53. The van der Waals surface area contributed by atoms with Gasteiger partial charge in [0.25, 0.3) is 0 Å². The Kier molecular flexibility index (Phi) is 5.62. The topological polar surface area (TPSA) is 49.7 Å². The minimum atomic E-state index is -5.18. The van der Waals surface area contributed by atoms with Gasteiger partial charge < -0.3 is 0 Å². The Morgan fingerprint density at radius 1 is 1.09 bits per heavy atom. The van der Waals surface area contributed by atoms with Crippen molar-refractivity contribution in [3.63, 3.8) is 0 Å². The predicted octanol–water partition coefficient (Wildman–Crippen LogP) is 6.72. The fourth-order valence-corrected chi connectivity index (χ4v) is 4.97. The Labute approximate surface area is 193 Å². The fraction of sp³-hybridized carbons (Fsp3) is 0.348. The van der Waals surface area contributed by atoms with E-state index >= 15 is 0 Å². The summed E-state index contributed by atoms with van der Waals surface area (Å²) in [7, 11) is 0. The number of hydrogen-bond donors (Lipinski definition) is 0. The normalized spacial score (nSPS) is 22.5. The summed E-state index contributed by atoms with van der Waals surface area (Å²) < 4.78 is 41.4. The molecule has 2 aromatic rings. The second-order valence-corrected chi connectivity index (χ2v) is 9.60. The molecule has 1 heterocycles. The number of amides is 1. The van der Waals surface area contributed by atoms with E-state index in [0.29, 0.717) is 17.0 Å². The quantitative estimate of drug-likeness (QED) is 0.452. The maximum atomic E-state index is 13.8. The molecule has 0 bridgehead atoms. The highest BCUT2D eigenvalue weighted by atomic mass is 35.5. The van der Waals surface area contributed by atoms with Crippen molar-refractivity contribution < 1.29 is 22.8 Å². The van der Waals surface area contributed by atoms with Gasteiger partial charge in [0.1, 0.15) is 5.78 Å². The lowest BCUT2D eigenvalue weighted by Gasteiger charge is -2.41. The Morgan fingerprint density at radius 2 is 1.78 bits per heavy atom. The van der Waals surface area contributed by atoms with Crippen LogP contribution in [0.3, 0.4) is 0 Å². The van der Waals surface area contributed by atoms with Gasteiger partial charge in [-0.3, -0.25) is 19.5 Å². The van der Waals surface area contributed by atoms with Crippen molar-refractivity contribution in [2.24, 2.45) is 16.3 Å². The summed E-state index contributed by atoms with van der Waals surface area (Å²) in [6.07, 6.45) is -4.66. The Hall–Kier alpha value is -2.38. The van der Waals surface area contributed by atoms with Crippen LogP contribution in [0.5, 0.6) is 0 Å². The molecular weight excluding hydrogens is 464 g/mol. The third-order valence-electron chi connectivity index (χ3n) is 5.78. The molecule has 9 heteroatoms. The number of carbonyl (C=O) groups excluding carboxylic acids is 2. The van der Waals surface area contributed by atoms with Crippen molar-refractivity contribution in [3.05, 3.63) is 58.1 Å². The van der Waals surface area contributed by atoms with Crippen molar-refractivity contribution in [2.75, 3.05) is 4.90 Å². The summed E-state index contributed by atoms with van der Waals surface area (Å²) in [4.78, 5) is 31.4. The molecule has 2 atom stereocenters. The molecule has 1 saturated carbocycles. The fourth-order valence-electron chi connectivity index (χ4n) is 4.55. The van der Waals surface area contributed by atoms with Gasteiger partial charge in [-0.1, -0.05) is 61.3 Å². The van der Waals surface area contributed by atoms with Gasteiger partial charge in [-0.25, -0.2) is 0 Å². The SMILES string of the molecule is CC1(C)CC(=O)C2C(=Nc3ccccc3N(C(=O)C(F)(F)F)C2c2cccc(Cl)c2Cl)C1. The molecule has 4 nitrogen and oxygen atoms in total. The minimum absolute atomic E-state index is 0.00416. The van der Waals surface area contributed by atoms with E-state index in [1.165, 1.54) is 36.4 Å². The van der Waals surface area contributed by atoms with Gasteiger partial charge in [0.2, 0.25) is 0 Å². The van der Waals surface area contributed by atoms with E-state index in [2.05, 4.69) is 4.99 Å². The standard InChI is InChI=1S/C23H19Cl2F3N2O2/c1-22(2)10-15-18(17(31)11-22)20(12-6-5-7-13(24)19(12)25)30(21(32)23(26,27)28)16-9-4-3-8-14(16)29-15/h3-9,18,20H,10-11H2,1-2H3. The molecule has 2 aromatic carbocycles. The zero-order chi connectivity index (χ0) is 23.4. The number of benzene rings is 2. The third kappa shape index (κ3) is 3.92. The van der Waals surface area contributed by atoms with Crippen LogP contribution in [-0.4, -0.2) is 23.6 Å². The molecule has 0 aromatic heterocycles. The van der Waals surface area contributed by atoms with E-state index in [0.717, 1.165) is 0 Å². The lowest BCUT2D eigenvalue weighted by Crippen LogP contribution is -2.50. The van der Waals surface area contributed by atoms with Crippen LogP contribution in [0.25, 0.3) is 0 Å². The molecule has 4 rings (SSSR count). The molecule has 168 valence electrons. The van der Waals surface area contributed by atoms with Crippen molar-refractivity contribution in [2.45, 2.75) is 38.9 Å². The molecular formula is C23H19Cl2F3N2O2. The molecule has 1 fully saturated rings. The van der Waals surface area contributed by atoms with E-state index in [4.69, 9.17) is 23.2 Å². The first-order valence-electron chi connectivity index (χ1n) is 9.94. The van der Waals surface area contributed by atoms with Gasteiger partial charge in [0, 0.05) is 12.1 Å². The van der Waals surface area contributed by atoms with E-state index in [9.17, 15) is 22.8 Å². The monoisotopic (exact) mass is 482 g/mol. The first-order chi connectivity index (χ1) is 14.9. The number of fused-ring (bicyclic) bond motifs is 2. The van der Waals surface area contributed by atoms with Crippen molar-refractivity contribution in [1.29, 1.82) is 0 Å². The van der Waals surface area contributed by atoms with Gasteiger partial charge in [0.15, 0.2) is 0 Å². The van der Waals surface area contributed by atoms with Gasteiger partial charge in [0.05, 0.1) is 33.4 Å². The number of alkyl halides is 3. The summed E-state index contributed by atoms with van der Waals surface area (Å²) in [5.41, 5.74) is 0.323. The zero-order valence-electron chi connectivity index (χ0n) is 17.2. The molecule has 0 saturated heterocycles. The zero-order valence-corrected chi connectivity index (χ0v) is 18.7. The van der Waals surface area contributed by atoms with E-state index in [1.54, 1.807) is 6.07 Å². The van der Waals surface area contributed by atoms with Crippen molar-refractivity contribution in [1.82, 2.24) is 0 Å². The summed E-state index contributed by atoms with van der Waals surface area (Å²) in [6, 6.07) is 9.24. The van der Waals surface area contributed by atoms with Crippen LogP contribution in [0.4, 0.5) is 24.5 Å². The second-order valence-electron chi connectivity index (χ2n) is 8.81. The van der Waals surface area contributed by atoms with E-state index in [1.807, 2.05) is 13.8 Å². The lowest BCUT2D eigenvalue weighted by atomic mass is 9.68. The molecule has 0 spiro atoms. The van der Waals surface area contributed by atoms with Crippen LogP contribution in [0.15, 0.2) is 47.5 Å². The number of Topliss-reactive ketones (excluding diaryl/α,β-unsaturated/α-hetero) is 1. The summed E-state index contributed by atoms with van der Waals surface area (Å²) in [6.45, 7) is 3.81. The first-order valence-corrected chi connectivity index (χ1v) is 10.7. The summed E-state index contributed by atoms with van der Waals surface area (Å²) in [5.74, 6) is -3.48. The largest absolute Gasteiger partial charge is 0.471 e. The van der Waals surface area contributed by atoms with E-state index in [-0.39, 0.29) is 39.2 Å². The van der Waals surface area contributed by atoms with Crippen LogP contribution >= 0.6 is 23.2 Å².